The summed E-state index contributed by atoms with van der Waals surface area (Å²) >= 11 is 0. The number of rotatable bonds is 6. The number of benzene rings is 1. The van der Waals surface area contributed by atoms with Crippen LogP contribution in [0.15, 0.2) is 36.4 Å². The van der Waals surface area contributed by atoms with Crippen LogP contribution in [0.3, 0.4) is 0 Å². The molecule has 0 radical (unpaired) electrons. The number of nitrogens with one attached hydrogen (secondary N) is 1. The molecule has 1 unspecified atom stereocenters. The molecule has 1 aromatic carbocycles. The summed E-state index contributed by atoms with van der Waals surface area (Å²) in [6.07, 6.45) is -4.34. The van der Waals surface area contributed by atoms with Crippen molar-refractivity contribution in [3.05, 3.63) is 53.3 Å². The number of aliphatic hydroxyl groups excluding tert-OH is 1. The Kier molecular flexibility index (Phi) is 5.09. The van der Waals surface area contributed by atoms with Gasteiger partial charge in [0.2, 0.25) is 0 Å². The van der Waals surface area contributed by atoms with E-state index in [1.165, 1.54) is 0 Å². The molecule has 0 aliphatic rings. The maximum absolute atomic E-state index is 12.2. The second-order valence-electron chi connectivity index (χ2n) is 5.10. The third kappa shape index (κ3) is 3.68. The van der Waals surface area contributed by atoms with Crippen molar-refractivity contribution in [3.63, 3.8) is 0 Å². The van der Waals surface area contributed by atoms with Crippen LogP contribution in [-0.4, -0.2) is 28.7 Å². The van der Waals surface area contributed by atoms with Crippen LogP contribution in [0.25, 0.3) is 5.69 Å². The molecule has 2 N–H and O–H groups in total. The molecule has 0 saturated carbocycles. The van der Waals surface area contributed by atoms with Gasteiger partial charge in [0.15, 0.2) is 0 Å². The van der Waals surface area contributed by atoms with E-state index in [4.69, 9.17) is 5.11 Å². The molecule has 0 spiro atoms. The summed E-state index contributed by atoms with van der Waals surface area (Å²) in [5.41, 5.74) is 4.27. The first-order valence-electron chi connectivity index (χ1n) is 6.91. The number of nitrogens with zero attached hydrogens (tertiary/aromatic N) is 1. The van der Waals surface area contributed by atoms with Gasteiger partial charge in [-0.2, -0.15) is 0 Å². The van der Waals surface area contributed by atoms with Crippen LogP contribution < -0.4 is 5.32 Å². The van der Waals surface area contributed by atoms with Crippen molar-refractivity contribution in [2.24, 2.45) is 0 Å². The molecule has 1 heterocycles. The summed E-state index contributed by atoms with van der Waals surface area (Å²) in [6, 6.07) is 12.0. The predicted octanol–water partition coefficient (Wildman–Crippen LogP) is 2.81. The Hall–Kier alpha value is -1.72. The van der Waals surface area contributed by atoms with Gasteiger partial charge in [0.25, 0.3) is 6.43 Å². The van der Waals surface area contributed by atoms with Gasteiger partial charge in [0, 0.05) is 30.2 Å². The van der Waals surface area contributed by atoms with Crippen LogP contribution in [0.1, 0.15) is 17.0 Å². The van der Waals surface area contributed by atoms with E-state index in [0.717, 1.165) is 22.6 Å². The van der Waals surface area contributed by atoms with Crippen molar-refractivity contribution in [3.8, 4) is 5.69 Å². The Morgan fingerprint density at radius 2 is 1.86 bits per heavy atom. The Labute approximate surface area is 123 Å². The lowest BCUT2D eigenvalue weighted by Gasteiger charge is -2.12. The van der Waals surface area contributed by atoms with Crippen molar-refractivity contribution in [1.82, 2.24) is 9.88 Å². The molecule has 0 aliphatic heterocycles. The van der Waals surface area contributed by atoms with Crippen molar-refractivity contribution >= 4 is 0 Å². The largest absolute Gasteiger partial charge is 0.386 e. The number of aromatic nitrogens is 1. The van der Waals surface area contributed by atoms with Crippen molar-refractivity contribution in [1.29, 1.82) is 0 Å². The smallest absolute Gasteiger partial charge is 0.265 e. The van der Waals surface area contributed by atoms with Gasteiger partial charge in [0.05, 0.1) is 0 Å². The number of para-hydroxylation sites is 1. The summed E-state index contributed by atoms with van der Waals surface area (Å²) in [5.74, 6) is 0. The molecule has 5 heteroatoms. The fraction of sp³-hybridized carbons (Fsp3) is 0.375. The molecule has 21 heavy (non-hydrogen) atoms. The van der Waals surface area contributed by atoms with E-state index in [0.29, 0.717) is 6.54 Å². The highest BCUT2D eigenvalue weighted by Gasteiger charge is 2.16. The lowest BCUT2D eigenvalue weighted by Crippen LogP contribution is -2.31. The number of aliphatic hydroxyl groups is 1. The Morgan fingerprint density at radius 3 is 2.48 bits per heavy atom. The zero-order chi connectivity index (χ0) is 15.4. The average Bonchev–Trinajstić information content (AvgIpc) is 2.74. The fourth-order valence-electron chi connectivity index (χ4n) is 2.43. The van der Waals surface area contributed by atoms with Crippen molar-refractivity contribution in [2.75, 3.05) is 6.54 Å². The molecule has 0 fully saturated rings. The number of halogens is 2. The van der Waals surface area contributed by atoms with Crippen molar-refractivity contribution < 1.29 is 13.9 Å². The summed E-state index contributed by atoms with van der Waals surface area (Å²) in [5, 5.41) is 12.0. The Morgan fingerprint density at radius 1 is 1.19 bits per heavy atom. The van der Waals surface area contributed by atoms with E-state index >= 15 is 0 Å². The Balaban J connectivity index is 2.09. The van der Waals surface area contributed by atoms with E-state index in [9.17, 15) is 8.78 Å². The first kappa shape index (κ1) is 15.7. The highest BCUT2D eigenvalue weighted by molar-refractivity contribution is 5.40. The van der Waals surface area contributed by atoms with E-state index < -0.39 is 12.5 Å². The lowest BCUT2D eigenvalue weighted by atomic mass is 10.2. The average molecular weight is 294 g/mol. The van der Waals surface area contributed by atoms with Crippen LogP contribution in [0.4, 0.5) is 8.78 Å². The third-order valence-electron chi connectivity index (χ3n) is 3.51. The second-order valence-corrected chi connectivity index (χ2v) is 5.10. The number of alkyl halides is 2. The van der Waals surface area contributed by atoms with Gasteiger partial charge in [-0.1, -0.05) is 18.2 Å². The monoisotopic (exact) mass is 294 g/mol. The maximum atomic E-state index is 12.2. The summed E-state index contributed by atoms with van der Waals surface area (Å²) in [6.45, 7) is 4.35. The molecule has 2 aromatic rings. The normalized spacial score (nSPS) is 12.9. The molecule has 3 nitrogen and oxygen atoms in total. The number of hydrogen-bond donors (Lipinski definition) is 2. The quantitative estimate of drug-likeness (QED) is 0.859. The van der Waals surface area contributed by atoms with E-state index in [-0.39, 0.29) is 6.54 Å². The fourth-order valence-corrected chi connectivity index (χ4v) is 2.43. The highest BCUT2D eigenvalue weighted by atomic mass is 19.3. The minimum absolute atomic E-state index is 0.118. The lowest BCUT2D eigenvalue weighted by molar-refractivity contribution is -0.00341. The summed E-state index contributed by atoms with van der Waals surface area (Å²) in [7, 11) is 0. The molecule has 114 valence electrons. The van der Waals surface area contributed by atoms with Crippen LogP contribution >= 0.6 is 0 Å². The Bertz CT molecular complexity index is 581. The molecule has 0 bridgehead atoms. The minimum Gasteiger partial charge on any atom is -0.386 e. The molecule has 2 rings (SSSR count). The zero-order valence-electron chi connectivity index (χ0n) is 12.2. The summed E-state index contributed by atoms with van der Waals surface area (Å²) < 4.78 is 26.6. The predicted molar refractivity (Wildman–Crippen MR) is 79.0 cm³/mol. The first-order chi connectivity index (χ1) is 10.0. The van der Waals surface area contributed by atoms with Gasteiger partial charge in [-0.3, -0.25) is 0 Å². The summed E-state index contributed by atoms with van der Waals surface area (Å²) in [4.78, 5) is 0. The van der Waals surface area contributed by atoms with E-state index in [1.807, 2.05) is 50.2 Å². The minimum atomic E-state index is -2.71. The molecule has 0 aliphatic carbocycles. The molecule has 0 saturated heterocycles. The van der Waals surface area contributed by atoms with Crippen LogP contribution in [0.2, 0.25) is 0 Å². The molecule has 1 atom stereocenters. The van der Waals surface area contributed by atoms with Gasteiger partial charge in [-0.05, 0) is 37.6 Å². The second kappa shape index (κ2) is 6.83. The van der Waals surface area contributed by atoms with Crippen LogP contribution in [0.5, 0.6) is 0 Å². The van der Waals surface area contributed by atoms with Crippen molar-refractivity contribution in [2.45, 2.75) is 32.9 Å². The van der Waals surface area contributed by atoms with Crippen LogP contribution in [0, 0.1) is 13.8 Å². The topological polar surface area (TPSA) is 37.2 Å². The number of aryl methyl sites for hydroxylation is 1. The molecule has 0 amide bonds. The van der Waals surface area contributed by atoms with Crippen LogP contribution in [-0.2, 0) is 6.54 Å². The van der Waals surface area contributed by atoms with E-state index in [1.54, 1.807) is 0 Å². The molecular formula is C16H20F2N2O. The highest BCUT2D eigenvalue weighted by Crippen LogP contribution is 2.20. The van der Waals surface area contributed by atoms with Gasteiger partial charge >= 0.3 is 0 Å². The van der Waals surface area contributed by atoms with Gasteiger partial charge < -0.3 is 15.0 Å². The third-order valence-corrected chi connectivity index (χ3v) is 3.51. The maximum Gasteiger partial charge on any atom is 0.265 e. The van der Waals surface area contributed by atoms with Gasteiger partial charge in [0.1, 0.15) is 6.10 Å². The van der Waals surface area contributed by atoms with Gasteiger partial charge in [-0.25, -0.2) is 8.78 Å². The van der Waals surface area contributed by atoms with Gasteiger partial charge in [-0.15, -0.1) is 0 Å². The SMILES string of the molecule is Cc1cc(CNCC(O)C(F)F)c(C)n1-c1ccccc1. The zero-order valence-corrected chi connectivity index (χ0v) is 12.2. The number of hydrogen-bond acceptors (Lipinski definition) is 2. The van der Waals surface area contributed by atoms with E-state index in [2.05, 4.69) is 9.88 Å². The first-order valence-corrected chi connectivity index (χ1v) is 6.91. The molecule has 1 aromatic heterocycles. The molecular weight excluding hydrogens is 274 g/mol. The standard InChI is InChI=1S/C16H20F2N2O/c1-11-8-13(9-19-10-15(21)16(17)18)12(2)20(11)14-6-4-3-5-7-14/h3-8,15-16,19,21H,9-10H2,1-2H3.